The number of aliphatic hydroxyl groups excluding tert-OH is 1. The summed E-state index contributed by atoms with van der Waals surface area (Å²) in [5, 5.41) is 18.9. The van der Waals surface area contributed by atoms with Gasteiger partial charge in [-0.2, -0.15) is 0 Å². The molecule has 0 spiro atoms. The van der Waals surface area contributed by atoms with E-state index in [1.807, 2.05) is 27.7 Å². The normalized spacial score (nSPS) is 19.9. The second-order valence-corrected chi connectivity index (χ2v) is 6.92. The molecule has 1 fully saturated rings. The maximum absolute atomic E-state index is 11.2. The molecule has 0 atom stereocenters. The summed E-state index contributed by atoms with van der Waals surface area (Å²) in [5.41, 5.74) is 0.0931. The van der Waals surface area contributed by atoms with Crippen molar-refractivity contribution >= 4 is 30.8 Å². The van der Waals surface area contributed by atoms with Gasteiger partial charge in [0.2, 0.25) is 0 Å². The number of benzene rings is 1. The van der Waals surface area contributed by atoms with E-state index >= 15 is 0 Å². The van der Waals surface area contributed by atoms with Crippen molar-refractivity contribution in [3.05, 3.63) is 39.8 Å². The average molecular weight is 339 g/mol. The third kappa shape index (κ3) is 3.61. The third-order valence-corrected chi connectivity index (χ3v) is 4.64. The maximum atomic E-state index is 11.2. The molecule has 7 heteroatoms. The fraction of sp³-hybridized carbons (Fsp3) is 0.438. The van der Waals surface area contributed by atoms with Crippen molar-refractivity contribution in [1.82, 2.24) is 0 Å². The topological polar surface area (TPSA) is 76.0 Å². The summed E-state index contributed by atoms with van der Waals surface area (Å²) < 4.78 is 11.8. The van der Waals surface area contributed by atoms with Gasteiger partial charge in [-0.1, -0.05) is 23.7 Å². The molecule has 2 N–H and O–H groups in total. The number of hydrogen-bond donors (Lipinski definition) is 2. The second-order valence-electron chi connectivity index (χ2n) is 6.51. The number of rotatable bonds is 4. The Bertz CT molecular complexity index is 638. The van der Waals surface area contributed by atoms with E-state index < -0.39 is 24.3 Å². The van der Waals surface area contributed by atoms with Gasteiger partial charge in [-0.05, 0) is 50.9 Å². The fourth-order valence-electron chi connectivity index (χ4n) is 2.19. The van der Waals surface area contributed by atoms with Crippen LogP contribution in [0.4, 0.5) is 0 Å². The molecule has 1 saturated heterocycles. The van der Waals surface area contributed by atoms with Crippen LogP contribution in [0.5, 0.6) is 0 Å². The molecule has 1 aliphatic heterocycles. The van der Waals surface area contributed by atoms with Crippen LogP contribution in [0.3, 0.4) is 0 Å². The van der Waals surface area contributed by atoms with Gasteiger partial charge in [0.15, 0.2) is 0 Å². The van der Waals surface area contributed by atoms with Crippen molar-refractivity contribution in [2.45, 2.75) is 38.9 Å². The Morgan fingerprint density at radius 3 is 2.30 bits per heavy atom. The highest BCUT2D eigenvalue weighted by Crippen LogP contribution is 2.38. The van der Waals surface area contributed by atoms with Crippen LogP contribution < -0.4 is 0 Å². The average Bonchev–Trinajstić information content (AvgIpc) is 2.66. The lowest BCUT2D eigenvalue weighted by molar-refractivity contribution is 0.00578. The summed E-state index contributed by atoms with van der Waals surface area (Å²) >= 11 is 5.86. The summed E-state index contributed by atoms with van der Waals surface area (Å²) in [6, 6.07) is 4.64. The fourth-order valence-corrected chi connectivity index (χ4v) is 2.39. The molecule has 0 unspecified atom stereocenters. The zero-order valence-electron chi connectivity index (χ0n) is 13.6. The highest BCUT2D eigenvalue weighted by Gasteiger charge is 2.52. The van der Waals surface area contributed by atoms with Crippen LogP contribution in [-0.2, 0) is 9.31 Å². The van der Waals surface area contributed by atoms with Gasteiger partial charge >= 0.3 is 13.1 Å². The SMILES string of the molecule is CC1(C)OB(C(=Cc2ccc(Cl)c(C(=O)O)c2)CO)OC1(C)C. The highest BCUT2D eigenvalue weighted by atomic mass is 35.5. The van der Waals surface area contributed by atoms with Gasteiger partial charge in [0, 0.05) is 0 Å². The minimum absolute atomic E-state index is 0.00613. The minimum atomic E-state index is -1.11. The summed E-state index contributed by atoms with van der Waals surface area (Å²) in [5.74, 6) is -1.11. The number of hydrogen-bond acceptors (Lipinski definition) is 4. The second kappa shape index (κ2) is 6.28. The van der Waals surface area contributed by atoms with Crippen LogP contribution in [0.1, 0.15) is 43.6 Å². The molecule has 1 aliphatic rings. The number of aliphatic hydroxyl groups is 1. The first-order valence-corrected chi connectivity index (χ1v) is 7.65. The summed E-state index contributed by atoms with van der Waals surface area (Å²) in [4.78, 5) is 11.2. The van der Waals surface area contributed by atoms with Crippen molar-refractivity contribution in [3.8, 4) is 0 Å². The predicted octanol–water partition coefficient (Wildman–Crippen LogP) is 3.05. The van der Waals surface area contributed by atoms with Crippen LogP contribution in [0, 0.1) is 0 Å². The van der Waals surface area contributed by atoms with E-state index in [2.05, 4.69) is 0 Å². The highest BCUT2D eigenvalue weighted by molar-refractivity contribution is 6.55. The van der Waals surface area contributed by atoms with Crippen LogP contribution in [0.15, 0.2) is 23.7 Å². The zero-order chi connectivity index (χ0) is 17.4. The maximum Gasteiger partial charge on any atom is 0.492 e. The molecule has 0 aliphatic carbocycles. The minimum Gasteiger partial charge on any atom is -0.478 e. The van der Waals surface area contributed by atoms with Crippen LogP contribution in [0.2, 0.25) is 5.02 Å². The molecule has 1 aromatic rings. The lowest BCUT2D eigenvalue weighted by Gasteiger charge is -2.32. The Labute approximate surface area is 141 Å². The molecule has 0 radical (unpaired) electrons. The molecule has 1 aromatic carbocycles. The molecule has 2 rings (SSSR count). The van der Waals surface area contributed by atoms with E-state index in [0.717, 1.165) is 0 Å². The molecule has 23 heavy (non-hydrogen) atoms. The third-order valence-electron chi connectivity index (χ3n) is 4.31. The van der Waals surface area contributed by atoms with E-state index in [0.29, 0.717) is 11.0 Å². The number of halogens is 1. The Hall–Kier alpha value is -1.34. The quantitative estimate of drug-likeness (QED) is 0.825. The first-order chi connectivity index (χ1) is 10.6. The molecule has 0 amide bonds. The first kappa shape index (κ1) is 18.0. The number of carbonyl (C=O) groups is 1. The van der Waals surface area contributed by atoms with Gasteiger partial charge < -0.3 is 19.5 Å². The molecule has 0 saturated carbocycles. The number of carboxylic acid groups (broad SMARTS) is 1. The van der Waals surface area contributed by atoms with Gasteiger partial charge in [-0.3, -0.25) is 0 Å². The smallest absolute Gasteiger partial charge is 0.478 e. The Balaban J connectivity index is 2.34. The van der Waals surface area contributed by atoms with E-state index in [-0.39, 0.29) is 17.2 Å². The van der Waals surface area contributed by atoms with Gasteiger partial charge in [0.1, 0.15) is 0 Å². The molecule has 5 nitrogen and oxygen atoms in total. The number of carboxylic acids is 1. The summed E-state index contributed by atoms with van der Waals surface area (Å²) in [7, 11) is -0.686. The molecule has 0 bridgehead atoms. The van der Waals surface area contributed by atoms with Gasteiger partial charge in [0.25, 0.3) is 0 Å². The van der Waals surface area contributed by atoms with E-state index in [4.69, 9.17) is 26.0 Å². The van der Waals surface area contributed by atoms with Gasteiger partial charge in [0.05, 0.1) is 28.4 Å². The van der Waals surface area contributed by atoms with Crippen LogP contribution in [0.25, 0.3) is 6.08 Å². The standard InChI is InChI=1S/C16H20BClO5/c1-15(2)16(3,4)23-17(22-15)11(9-19)7-10-5-6-13(18)12(8-10)14(20)21/h5-8,19H,9H2,1-4H3,(H,20,21). The van der Waals surface area contributed by atoms with Crippen molar-refractivity contribution in [2.24, 2.45) is 0 Å². The van der Waals surface area contributed by atoms with Crippen LogP contribution in [-0.4, -0.2) is 41.1 Å². The zero-order valence-corrected chi connectivity index (χ0v) is 14.3. The molecular formula is C16H20BClO5. The summed E-state index contributed by atoms with van der Waals surface area (Å²) in [6.45, 7) is 7.43. The molecule has 1 heterocycles. The predicted molar refractivity (Wildman–Crippen MR) is 89.6 cm³/mol. The molecule has 124 valence electrons. The van der Waals surface area contributed by atoms with Crippen molar-refractivity contribution in [1.29, 1.82) is 0 Å². The van der Waals surface area contributed by atoms with Gasteiger partial charge in [-0.25, -0.2) is 4.79 Å². The van der Waals surface area contributed by atoms with Crippen molar-refractivity contribution in [2.75, 3.05) is 6.61 Å². The number of aromatic carboxylic acids is 1. The van der Waals surface area contributed by atoms with E-state index in [9.17, 15) is 9.90 Å². The van der Waals surface area contributed by atoms with Crippen LogP contribution >= 0.6 is 11.6 Å². The first-order valence-electron chi connectivity index (χ1n) is 7.27. The monoisotopic (exact) mass is 338 g/mol. The molecular weight excluding hydrogens is 318 g/mol. The van der Waals surface area contributed by atoms with Gasteiger partial charge in [-0.15, -0.1) is 0 Å². The van der Waals surface area contributed by atoms with Crippen molar-refractivity contribution < 1.29 is 24.3 Å². The Morgan fingerprint density at radius 1 is 1.26 bits per heavy atom. The van der Waals surface area contributed by atoms with E-state index in [1.54, 1.807) is 12.1 Å². The lowest BCUT2D eigenvalue weighted by Crippen LogP contribution is -2.41. The largest absolute Gasteiger partial charge is 0.492 e. The summed E-state index contributed by atoms with van der Waals surface area (Å²) in [6.07, 6.45) is 1.66. The molecule has 0 aromatic heterocycles. The Kier molecular flexibility index (Phi) is 4.92. The van der Waals surface area contributed by atoms with Crippen molar-refractivity contribution in [3.63, 3.8) is 0 Å². The Morgan fingerprint density at radius 2 is 1.83 bits per heavy atom. The van der Waals surface area contributed by atoms with E-state index in [1.165, 1.54) is 12.1 Å². The lowest BCUT2D eigenvalue weighted by atomic mass is 9.77.